The van der Waals surface area contributed by atoms with Crippen LogP contribution in [0.1, 0.15) is 25.8 Å². The summed E-state index contributed by atoms with van der Waals surface area (Å²) in [5.41, 5.74) is 1.14. The standard InChI is InChI=1S/C13H18O3/c1-4-15-13(14)9-11(3)16-12-7-5-6-10(2)8-12/h5-8,11H,4,9H2,1-3H3. The molecule has 0 aromatic heterocycles. The van der Waals surface area contributed by atoms with Crippen molar-refractivity contribution in [3.05, 3.63) is 29.8 Å². The Bertz CT molecular complexity index is 347. The maximum Gasteiger partial charge on any atom is 0.309 e. The predicted octanol–water partition coefficient (Wildman–Crippen LogP) is 2.72. The van der Waals surface area contributed by atoms with E-state index < -0.39 is 0 Å². The molecule has 1 atom stereocenters. The molecule has 0 heterocycles. The van der Waals surface area contributed by atoms with E-state index in [9.17, 15) is 4.79 Å². The molecular weight excluding hydrogens is 204 g/mol. The molecule has 0 saturated heterocycles. The maximum absolute atomic E-state index is 11.2. The molecule has 1 unspecified atom stereocenters. The number of benzene rings is 1. The van der Waals surface area contributed by atoms with Crippen molar-refractivity contribution in [2.75, 3.05) is 6.61 Å². The third kappa shape index (κ3) is 4.34. The molecule has 0 radical (unpaired) electrons. The Morgan fingerprint density at radius 3 is 2.81 bits per heavy atom. The third-order valence-electron chi connectivity index (χ3n) is 2.09. The molecule has 1 aromatic carbocycles. The van der Waals surface area contributed by atoms with Gasteiger partial charge >= 0.3 is 5.97 Å². The minimum absolute atomic E-state index is 0.166. The first-order chi connectivity index (χ1) is 7.61. The van der Waals surface area contributed by atoms with Gasteiger partial charge in [0.05, 0.1) is 13.0 Å². The molecule has 3 nitrogen and oxygen atoms in total. The molecule has 0 spiro atoms. The van der Waals surface area contributed by atoms with Crippen LogP contribution in [-0.2, 0) is 9.53 Å². The molecule has 0 bridgehead atoms. The largest absolute Gasteiger partial charge is 0.490 e. The molecule has 0 aliphatic rings. The predicted molar refractivity (Wildman–Crippen MR) is 62.5 cm³/mol. The number of esters is 1. The first-order valence-corrected chi connectivity index (χ1v) is 5.50. The van der Waals surface area contributed by atoms with Crippen molar-refractivity contribution in [2.45, 2.75) is 33.3 Å². The first kappa shape index (κ1) is 12.6. The summed E-state index contributed by atoms with van der Waals surface area (Å²) >= 11 is 0. The van der Waals surface area contributed by atoms with E-state index in [1.54, 1.807) is 6.92 Å². The number of ether oxygens (including phenoxy) is 2. The minimum atomic E-state index is -0.220. The van der Waals surface area contributed by atoms with E-state index in [1.807, 2.05) is 38.1 Å². The van der Waals surface area contributed by atoms with E-state index in [2.05, 4.69) is 0 Å². The van der Waals surface area contributed by atoms with Gasteiger partial charge in [0.25, 0.3) is 0 Å². The van der Waals surface area contributed by atoms with Crippen molar-refractivity contribution >= 4 is 5.97 Å². The zero-order chi connectivity index (χ0) is 12.0. The molecule has 0 amide bonds. The summed E-state index contributed by atoms with van der Waals surface area (Å²) in [5.74, 6) is 0.569. The highest BCUT2D eigenvalue weighted by Gasteiger charge is 2.11. The summed E-state index contributed by atoms with van der Waals surface area (Å²) in [5, 5.41) is 0. The Labute approximate surface area is 96.4 Å². The lowest BCUT2D eigenvalue weighted by Gasteiger charge is -2.14. The summed E-state index contributed by atoms with van der Waals surface area (Å²) in [6.45, 7) is 6.07. The molecule has 3 heteroatoms. The quantitative estimate of drug-likeness (QED) is 0.718. The van der Waals surface area contributed by atoms with Gasteiger partial charge in [0.15, 0.2) is 0 Å². The van der Waals surface area contributed by atoms with Crippen LogP contribution in [0, 0.1) is 6.92 Å². The summed E-state index contributed by atoms with van der Waals surface area (Å²) in [4.78, 5) is 11.2. The lowest BCUT2D eigenvalue weighted by Crippen LogP contribution is -2.18. The van der Waals surface area contributed by atoms with Gasteiger partial charge in [-0.2, -0.15) is 0 Å². The Morgan fingerprint density at radius 2 is 2.19 bits per heavy atom. The molecule has 0 fully saturated rings. The number of hydrogen-bond donors (Lipinski definition) is 0. The second kappa shape index (κ2) is 6.16. The number of hydrogen-bond acceptors (Lipinski definition) is 3. The average molecular weight is 222 g/mol. The SMILES string of the molecule is CCOC(=O)CC(C)Oc1cccc(C)c1. The fourth-order valence-electron chi connectivity index (χ4n) is 1.42. The monoisotopic (exact) mass is 222 g/mol. The fourth-order valence-corrected chi connectivity index (χ4v) is 1.42. The molecule has 88 valence electrons. The van der Waals surface area contributed by atoms with Crippen LogP contribution in [0.2, 0.25) is 0 Å². The van der Waals surface area contributed by atoms with Crippen LogP contribution in [0.25, 0.3) is 0 Å². The second-order valence-corrected chi connectivity index (χ2v) is 3.75. The number of rotatable bonds is 5. The third-order valence-corrected chi connectivity index (χ3v) is 2.09. The summed E-state index contributed by atoms with van der Waals surface area (Å²) in [6, 6.07) is 7.76. The molecule has 16 heavy (non-hydrogen) atoms. The molecule has 1 rings (SSSR count). The number of carbonyl (C=O) groups excluding carboxylic acids is 1. The molecule has 0 aliphatic heterocycles. The first-order valence-electron chi connectivity index (χ1n) is 5.50. The number of carbonyl (C=O) groups is 1. The van der Waals surface area contributed by atoms with Crippen LogP contribution >= 0.6 is 0 Å². The van der Waals surface area contributed by atoms with Gasteiger partial charge in [-0.3, -0.25) is 4.79 Å². The molecule has 0 aliphatic carbocycles. The van der Waals surface area contributed by atoms with Gasteiger partial charge < -0.3 is 9.47 Å². The van der Waals surface area contributed by atoms with E-state index in [1.165, 1.54) is 0 Å². The van der Waals surface area contributed by atoms with Crippen molar-refractivity contribution in [2.24, 2.45) is 0 Å². The highest BCUT2D eigenvalue weighted by molar-refractivity contribution is 5.69. The molecule has 0 N–H and O–H groups in total. The Hall–Kier alpha value is -1.51. The van der Waals surface area contributed by atoms with Gasteiger partial charge in [-0.25, -0.2) is 0 Å². The van der Waals surface area contributed by atoms with Crippen LogP contribution in [0.15, 0.2) is 24.3 Å². The van der Waals surface area contributed by atoms with Crippen molar-refractivity contribution in [1.82, 2.24) is 0 Å². The topological polar surface area (TPSA) is 35.5 Å². The zero-order valence-corrected chi connectivity index (χ0v) is 10.0. The summed E-state index contributed by atoms with van der Waals surface area (Å²) in [7, 11) is 0. The van der Waals surface area contributed by atoms with Crippen molar-refractivity contribution < 1.29 is 14.3 Å². The normalized spacial score (nSPS) is 11.9. The fraction of sp³-hybridized carbons (Fsp3) is 0.462. The second-order valence-electron chi connectivity index (χ2n) is 3.75. The lowest BCUT2D eigenvalue weighted by molar-refractivity contribution is -0.144. The Kier molecular flexibility index (Phi) is 4.83. The van der Waals surface area contributed by atoms with E-state index in [0.29, 0.717) is 6.61 Å². The van der Waals surface area contributed by atoms with E-state index in [-0.39, 0.29) is 18.5 Å². The highest BCUT2D eigenvalue weighted by Crippen LogP contribution is 2.15. The van der Waals surface area contributed by atoms with Crippen LogP contribution in [0.3, 0.4) is 0 Å². The van der Waals surface area contributed by atoms with Crippen LogP contribution < -0.4 is 4.74 Å². The van der Waals surface area contributed by atoms with Crippen molar-refractivity contribution in [3.8, 4) is 5.75 Å². The summed E-state index contributed by atoms with van der Waals surface area (Å²) < 4.78 is 10.5. The van der Waals surface area contributed by atoms with Gasteiger partial charge in [0.2, 0.25) is 0 Å². The van der Waals surface area contributed by atoms with Gasteiger partial charge in [-0.05, 0) is 38.5 Å². The van der Waals surface area contributed by atoms with Gasteiger partial charge in [-0.15, -0.1) is 0 Å². The van der Waals surface area contributed by atoms with Crippen LogP contribution in [0.4, 0.5) is 0 Å². The smallest absolute Gasteiger partial charge is 0.309 e. The van der Waals surface area contributed by atoms with Gasteiger partial charge in [0, 0.05) is 0 Å². The van der Waals surface area contributed by atoms with Crippen LogP contribution in [0.5, 0.6) is 5.75 Å². The highest BCUT2D eigenvalue weighted by atomic mass is 16.5. The zero-order valence-electron chi connectivity index (χ0n) is 10.0. The average Bonchev–Trinajstić information content (AvgIpc) is 2.17. The maximum atomic E-state index is 11.2. The Morgan fingerprint density at radius 1 is 1.44 bits per heavy atom. The van der Waals surface area contributed by atoms with Crippen molar-refractivity contribution in [1.29, 1.82) is 0 Å². The van der Waals surface area contributed by atoms with Gasteiger partial charge in [-0.1, -0.05) is 12.1 Å². The summed E-state index contributed by atoms with van der Waals surface area (Å²) in [6.07, 6.45) is 0.114. The minimum Gasteiger partial charge on any atom is -0.490 e. The molecular formula is C13H18O3. The van der Waals surface area contributed by atoms with Crippen LogP contribution in [-0.4, -0.2) is 18.7 Å². The van der Waals surface area contributed by atoms with E-state index in [4.69, 9.17) is 9.47 Å². The van der Waals surface area contributed by atoms with E-state index in [0.717, 1.165) is 11.3 Å². The lowest BCUT2D eigenvalue weighted by atomic mass is 10.2. The van der Waals surface area contributed by atoms with Crippen molar-refractivity contribution in [3.63, 3.8) is 0 Å². The van der Waals surface area contributed by atoms with Gasteiger partial charge in [0.1, 0.15) is 11.9 Å². The molecule has 1 aromatic rings. The Balaban J connectivity index is 2.45. The molecule has 0 saturated carbocycles. The number of aryl methyl sites for hydroxylation is 1. The van der Waals surface area contributed by atoms with E-state index >= 15 is 0 Å².